The zero-order valence-electron chi connectivity index (χ0n) is 15.0. The van der Waals surface area contributed by atoms with E-state index in [2.05, 4.69) is 20.8 Å². The lowest BCUT2D eigenvalue weighted by atomic mass is 10.1. The van der Waals surface area contributed by atoms with Crippen molar-refractivity contribution in [3.8, 4) is 5.69 Å². The maximum absolute atomic E-state index is 12.6. The summed E-state index contributed by atoms with van der Waals surface area (Å²) in [5.74, 6) is -0.0841. The minimum Gasteiger partial charge on any atom is -0.348 e. The SMILES string of the molecule is CNC(C(=O)NC(C)c1ccc(-n2cccn2)cc1)c1cnn(C)c1.Cl. The second-order valence-electron chi connectivity index (χ2n) is 5.94. The van der Waals surface area contributed by atoms with Crippen molar-refractivity contribution in [2.24, 2.45) is 7.05 Å². The summed E-state index contributed by atoms with van der Waals surface area (Å²) in [4.78, 5) is 12.6. The van der Waals surface area contributed by atoms with Gasteiger partial charge in [0, 0.05) is 31.2 Å². The monoisotopic (exact) mass is 374 g/mol. The molecule has 0 spiro atoms. The molecular formula is C18H23ClN6O. The van der Waals surface area contributed by atoms with Crippen molar-refractivity contribution in [2.75, 3.05) is 7.05 Å². The zero-order chi connectivity index (χ0) is 17.8. The van der Waals surface area contributed by atoms with Gasteiger partial charge in [0.05, 0.1) is 17.9 Å². The number of carbonyl (C=O) groups is 1. The summed E-state index contributed by atoms with van der Waals surface area (Å²) in [6.07, 6.45) is 7.17. The van der Waals surface area contributed by atoms with Crippen LogP contribution >= 0.6 is 12.4 Å². The number of amides is 1. The molecule has 2 unspecified atom stereocenters. The van der Waals surface area contributed by atoms with Crippen molar-refractivity contribution < 1.29 is 4.79 Å². The first-order chi connectivity index (χ1) is 12.1. The number of hydrogen-bond acceptors (Lipinski definition) is 4. The predicted octanol–water partition coefficient (Wildman–Crippen LogP) is 2.17. The molecule has 0 bridgehead atoms. The van der Waals surface area contributed by atoms with Crippen LogP contribution < -0.4 is 10.6 Å². The van der Waals surface area contributed by atoms with Gasteiger partial charge in [0.25, 0.3) is 0 Å². The maximum atomic E-state index is 12.6. The summed E-state index contributed by atoms with van der Waals surface area (Å²) in [5, 5.41) is 14.4. The Morgan fingerprint density at radius 1 is 1.15 bits per heavy atom. The fourth-order valence-corrected chi connectivity index (χ4v) is 2.76. The van der Waals surface area contributed by atoms with Gasteiger partial charge in [-0.15, -0.1) is 12.4 Å². The van der Waals surface area contributed by atoms with Crippen LogP contribution in [0.25, 0.3) is 5.69 Å². The highest BCUT2D eigenvalue weighted by atomic mass is 35.5. The van der Waals surface area contributed by atoms with Gasteiger partial charge in [0.15, 0.2) is 0 Å². The van der Waals surface area contributed by atoms with E-state index >= 15 is 0 Å². The molecule has 2 heterocycles. The highest BCUT2D eigenvalue weighted by molar-refractivity contribution is 5.85. The number of aryl methyl sites for hydroxylation is 1. The molecule has 0 aliphatic rings. The number of nitrogens with zero attached hydrogens (tertiary/aromatic N) is 4. The van der Waals surface area contributed by atoms with Crippen molar-refractivity contribution in [3.05, 3.63) is 66.2 Å². The van der Waals surface area contributed by atoms with E-state index in [-0.39, 0.29) is 24.4 Å². The maximum Gasteiger partial charge on any atom is 0.242 e. The van der Waals surface area contributed by atoms with Gasteiger partial charge in [-0.05, 0) is 37.7 Å². The summed E-state index contributed by atoms with van der Waals surface area (Å²) in [6.45, 7) is 1.97. The third kappa shape index (κ3) is 4.30. The van der Waals surface area contributed by atoms with E-state index in [9.17, 15) is 4.79 Å². The van der Waals surface area contributed by atoms with Crippen molar-refractivity contribution in [2.45, 2.75) is 19.0 Å². The van der Waals surface area contributed by atoms with Gasteiger partial charge < -0.3 is 10.6 Å². The van der Waals surface area contributed by atoms with Gasteiger partial charge in [-0.2, -0.15) is 10.2 Å². The second-order valence-corrected chi connectivity index (χ2v) is 5.94. The van der Waals surface area contributed by atoms with Crippen LogP contribution in [0, 0.1) is 0 Å². The van der Waals surface area contributed by atoms with Crippen LogP contribution in [0.2, 0.25) is 0 Å². The normalized spacial score (nSPS) is 12.9. The Labute approximate surface area is 158 Å². The van der Waals surface area contributed by atoms with Crippen molar-refractivity contribution >= 4 is 18.3 Å². The van der Waals surface area contributed by atoms with Crippen LogP contribution in [0.15, 0.2) is 55.1 Å². The van der Waals surface area contributed by atoms with E-state index in [1.807, 2.05) is 56.7 Å². The first-order valence-corrected chi connectivity index (χ1v) is 8.14. The smallest absolute Gasteiger partial charge is 0.242 e. The molecule has 7 nitrogen and oxygen atoms in total. The minimum absolute atomic E-state index is 0. The molecule has 0 saturated heterocycles. The van der Waals surface area contributed by atoms with Crippen LogP contribution in [0.1, 0.15) is 30.1 Å². The third-order valence-corrected chi connectivity index (χ3v) is 4.13. The van der Waals surface area contributed by atoms with Crippen LogP contribution in [0.3, 0.4) is 0 Å². The number of carbonyl (C=O) groups excluding carboxylic acids is 1. The van der Waals surface area contributed by atoms with E-state index in [1.165, 1.54) is 0 Å². The van der Waals surface area contributed by atoms with Crippen LogP contribution in [-0.4, -0.2) is 32.5 Å². The Bertz CT molecular complexity index is 828. The Morgan fingerprint density at radius 2 is 1.88 bits per heavy atom. The van der Waals surface area contributed by atoms with Gasteiger partial charge in [-0.25, -0.2) is 4.68 Å². The zero-order valence-corrected chi connectivity index (χ0v) is 15.8. The molecule has 2 aromatic heterocycles. The molecule has 0 radical (unpaired) electrons. The first kappa shape index (κ1) is 19.7. The highest BCUT2D eigenvalue weighted by Crippen LogP contribution is 2.18. The number of likely N-dealkylation sites (N-methyl/N-ethyl adjacent to an activating group) is 1. The molecule has 3 aromatic rings. The average molecular weight is 375 g/mol. The first-order valence-electron chi connectivity index (χ1n) is 8.14. The lowest BCUT2D eigenvalue weighted by Gasteiger charge is -2.19. The van der Waals surface area contributed by atoms with E-state index < -0.39 is 6.04 Å². The number of hydrogen-bond donors (Lipinski definition) is 2. The Kier molecular flexibility index (Phi) is 6.54. The molecule has 0 aliphatic carbocycles. The molecule has 3 rings (SSSR count). The molecule has 1 amide bonds. The van der Waals surface area contributed by atoms with Gasteiger partial charge >= 0.3 is 0 Å². The number of benzene rings is 1. The highest BCUT2D eigenvalue weighted by Gasteiger charge is 2.22. The molecule has 2 N–H and O–H groups in total. The second kappa shape index (κ2) is 8.64. The largest absolute Gasteiger partial charge is 0.348 e. The third-order valence-electron chi connectivity index (χ3n) is 4.13. The van der Waals surface area contributed by atoms with Crippen LogP contribution in [0.4, 0.5) is 0 Å². The standard InChI is InChI=1S/C18H22N6O.ClH/c1-13(14-5-7-16(8-6-14)24-10-4-9-20-24)22-18(25)17(19-2)15-11-21-23(3)12-15;/h4-13,17,19H,1-3H3,(H,22,25);1H. The van der Waals surface area contributed by atoms with Crippen molar-refractivity contribution in [1.82, 2.24) is 30.2 Å². The van der Waals surface area contributed by atoms with Gasteiger partial charge in [-0.1, -0.05) is 12.1 Å². The molecule has 8 heteroatoms. The molecule has 138 valence electrons. The molecule has 26 heavy (non-hydrogen) atoms. The van der Waals surface area contributed by atoms with E-state index in [0.717, 1.165) is 16.8 Å². The van der Waals surface area contributed by atoms with E-state index in [1.54, 1.807) is 28.8 Å². The molecular weight excluding hydrogens is 352 g/mol. The van der Waals surface area contributed by atoms with Crippen LogP contribution in [-0.2, 0) is 11.8 Å². The van der Waals surface area contributed by atoms with Gasteiger partial charge in [0.2, 0.25) is 5.91 Å². The minimum atomic E-state index is -0.431. The molecule has 0 saturated carbocycles. The average Bonchev–Trinajstić information content (AvgIpc) is 3.28. The van der Waals surface area contributed by atoms with E-state index in [4.69, 9.17) is 0 Å². The number of aromatic nitrogens is 4. The predicted molar refractivity (Wildman–Crippen MR) is 102 cm³/mol. The van der Waals surface area contributed by atoms with Gasteiger partial charge in [-0.3, -0.25) is 9.48 Å². The topological polar surface area (TPSA) is 76.8 Å². The Balaban J connectivity index is 0.00000243. The summed E-state index contributed by atoms with van der Waals surface area (Å²) in [5.41, 5.74) is 2.85. The number of nitrogens with one attached hydrogen (secondary N) is 2. The fourth-order valence-electron chi connectivity index (χ4n) is 2.76. The summed E-state index contributed by atoms with van der Waals surface area (Å²) < 4.78 is 3.48. The lowest BCUT2D eigenvalue weighted by Crippen LogP contribution is -2.37. The Hall–Kier alpha value is -2.64. The molecule has 0 fully saturated rings. The quantitative estimate of drug-likeness (QED) is 0.693. The van der Waals surface area contributed by atoms with Gasteiger partial charge in [0.1, 0.15) is 6.04 Å². The summed E-state index contributed by atoms with van der Waals surface area (Å²) >= 11 is 0. The van der Waals surface area contributed by atoms with Crippen LogP contribution in [0.5, 0.6) is 0 Å². The molecule has 0 aliphatic heterocycles. The summed E-state index contributed by atoms with van der Waals surface area (Å²) in [7, 11) is 3.60. The Morgan fingerprint density at radius 3 is 2.42 bits per heavy atom. The molecule has 1 aromatic carbocycles. The lowest BCUT2D eigenvalue weighted by molar-refractivity contribution is -0.123. The molecule has 2 atom stereocenters. The van der Waals surface area contributed by atoms with Crippen molar-refractivity contribution in [3.63, 3.8) is 0 Å². The van der Waals surface area contributed by atoms with E-state index in [0.29, 0.717) is 0 Å². The number of halogens is 1. The summed E-state index contributed by atoms with van der Waals surface area (Å²) in [6, 6.07) is 9.32. The van der Waals surface area contributed by atoms with Crippen molar-refractivity contribution in [1.29, 1.82) is 0 Å². The fraction of sp³-hybridized carbons (Fsp3) is 0.278. The number of rotatable bonds is 6.